The molecule has 5 heteroatoms. The number of Topliss-reactive ketones (excluding diaryl/α,β-unsaturated/α-hetero) is 1. The highest BCUT2D eigenvalue weighted by Crippen LogP contribution is 2.19. The summed E-state index contributed by atoms with van der Waals surface area (Å²) >= 11 is 0. The van der Waals surface area contributed by atoms with Crippen LogP contribution in [-0.4, -0.2) is 22.7 Å². The molecule has 0 saturated heterocycles. The van der Waals surface area contributed by atoms with Gasteiger partial charge in [0, 0.05) is 6.42 Å². The van der Waals surface area contributed by atoms with Crippen molar-refractivity contribution >= 4 is 17.5 Å². The highest BCUT2D eigenvalue weighted by molar-refractivity contribution is 5.97. The van der Waals surface area contributed by atoms with E-state index in [0.717, 1.165) is 12.0 Å². The number of nitrogens with one attached hydrogen (secondary N) is 1. The molecule has 0 aliphatic heterocycles. The molecule has 5 nitrogen and oxygen atoms in total. The number of nitrogen functional groups attached to an aromatic ring is 1. The highest BCUT2D eigenvalue weighted by atomic mass is 16.2. The van der Waals surface area contributed by atoms with Gasteiger partial charge in [-0.25, -0.2) is 4.98 Å². The van der Waals surface area contributed by atoms with E-state index in [4.69, 9.17) is 5.73 Å². The summed E-state index contributed by atoms with van der Waals surface area (Å²) < 4.78 is 0. The van der Waals surface area contributed by atoms with Gasteiger partial charge in [-0.1, -0.05) is 18.2 Å². The second kappa shape index (κ2) is 5.00. The first-order valence-corrected chi connectivity index (χ1v) is 5.79. The molecule has 1 heterocycles. The predicted molar refractivity (Wildman–Crippen MR) is 67.9 cm³/mol. The molecule has 0 radical (unpaired) electrons. The van der Waals surface area contributed by atoms with E-state index in [1.54, 1.807) is 18.2 Å². The number of hydrogen-bond acceptors (Lipinski definition) is 4. The van der Waals surface area contributed by atoms with Gasteiger partial charge < -0.3 is 11.1 Å². The second-order valence-electron chi connectivity index (χ2n) is 4.41. The van der Waals surface area contributed by atoms with Gasteiger partial charge in [0.2, 0.25) is 0 Å². The van der Waals surface area contributed by atoms with Gasteiger partial charge >= 0.3 is 0 Å². The summed E-state index contributed by atoms with van der Waals surface area (Å²) in [6.45, 7) is 3.79. The van der Waals surface area contributed by atoms with Crippen molar-refractivity contribution in [3.05, 3.63) is 36.0 Å². The fourth-order valence-electron chi connectivity index (χ4n) is 1.93. The maximum atomic E-state index is 11.9. The van der Waals surface area contributed by atoms with Crippen LogP contribution >= 0.6 is 0 Å². The molecular weight excluding hydrogens is 230 g/mol. The zero-order chi connectivity index (χ0) is 13.1. The van der Waals surface area contributed by atoms with Crippen LogP contribution in [0.1, 0.15) is 29.8 Å². The van der Waals surface area contributed by atoms with Gasteiger partial charge in [0.25, 0.3) is 5.91 Å². The Morgan fingerprint density at radius 3 is 2.94 bits per heavy atom. The molecule has 1 aliphatic carbocycles. The van der Waals surface area contributed by atoms with Gasteiger partial charge in [-0.3, -0.25) is 9.59 Å². The van der Waals surface area contributed by atoms with Gasteiger partial charge in [-0.2, -0.15) is 0 Å². The first-order valence-electron chi connectivity index (χ1n) is 5.79. The SMILES string of the molecule is C=C1CCC(NC(=O)c2cccc(N)n2)C(=O)C1. The number of carbonyl (C=O) groups is 2. The monoisotopic (exact) mass is 245 g/mol. The van der Waals surface area contributed by atoms with Crippen molar-refractivity contribution in [3.8, 4) is 0 Å². The third-order valence-corrected chi connectivity index (χ3v) is 2.91. The smallest absolute Gasteiger partial charge is 0.270 e. The summed E-state index contributed by atoms with van der Waals surface area (Å²) in [5, 5.41) is 2.69. The van der Waals surface area contributed by atoms with Crippen molar-refractivity contribution in [1.82, 2.24) is 10.3 Å². The zero-order valence-electron chi connectivity index (χ0n) is 9.98. The van der Waals surface area contributed by atoms with E-state index in [0.29, 0.717) is 12.8 Å². The number of hydrogen-bond donors (Lipinski definition) is 2. The molecule has 1 amide bonds. The zero-order valence-corrected chi connectivity index (χ0v) is 9.98. The lowest BCUT2D eigenvalue weighted by molar-refractivity contribution is -0.121. The number of nitrogens with zero attached hydrogens (tertiary/aromatic N) is 1. The van der Waals surface area contributed by atoms with E-state index < -0.39 is 6.04 Å². The fraction of sp³-hybridized carbons (Fsp3) is 0.308. The quantitative estimate of drug-likeness (QED) is 0.763. The molecule has 1 aliphatic rings. The number of amides is 1. The van der Waals surface area contributed by atoms with E-state index in [-0.39, 0.29) is 23.2 Å². The molecule has 3 N–H and O–H groups in total. The molecule has 1 unspecified atom stereocenters. The molecule has 94 valence electrons. The Morgan fingerprint density at radius 2 is 2.28 bits per heavy atom. The Hall–Kier alpha value is -2.17. The molecule has 1 atom stereocenters. The van der Waals surface area contributed by atoms with Crippen LogP contribution in [0.4, 0.5) is 5.82 Å². The first kappa shape index (κ1) is 12.3. The van der Waals surface area contributed by atoms with Crippen molar-refractivity contribution in [1.29, 1.82) is 0 Å². The number of ketones is 1. The molecule has 1 aromatic rings. The maximum Gasteiger partial charge on any atom is 0.270 e. The predicted octanol–water partition coefficient (Wildman–Crippen LogP) is 1.07. The molecule has 0 aromatic carbocycles. The lowest BCUT2D eigenvalue weighted by Gasteiger charge is -2.22. The minimum absolute atomic E-state index is 0.00324. The van der Waals surface area contributed by atoms with Crippen LogP contribution in [0.2, 0.25) is 0 Å². The van der Waals surface area contributed by atoms with E-state index in [9.17, 15) is 9.59 Å². The number of nitrogens with two attached hydrogens (primary N) is 1. The Morgan fingerprint density at radius 1 is 1.50 bits per heavy atom. The van der Waals surface area contributed by atoms with Crippen molar-refractivity contribution in [2.75, 3.05) is 5.73 Å². The third-order valence-electron chi connectivity index (χ3n) is 2.91. The largest absolute Gasteiger partial charge is 0.384 e. The van der Waals surface area contributed by atoms with E-state index in [2.05, 4.69) is 16.9 Å². The van der Waals surface area contributed by atoms with Gasteiger partial charge in [-0.05, 0) is 25.0 Å². The fourth-order valence-corrected chi connectivity index (χ4v) is 1.93. The number of allylic oxidation sites excluding steroid dienone is 1. The number of rotatable bonds is 2. The summed E-state index contributed by atoms with van der Waals surface area (Å²) in [6.07, 6.45) is 1.71. The molecule has 2 rings (SSSR count). The van der Waals surface area contributed by atoms with E-state index >= 15 is 0 Å². The molecule has 0 bridgehead atoms. The van der Waals surface area contributed by atoms with Crippen LogP contribution in [0.3, 0.4) is 0 Å². The van der Waals surface area contributed by atoms with Gasteiger partial charge in [-0.15, -0.1) is 0 Å². The van der Waals surface area contributed by atoms with Crippen molar-refractivity contribution < 1.29 is 9.59 Å². The van der Waals surface area contributed by atoms with Crippen LogP contribution < -0.4 is 11.1 Å². The summed E-state index contributed by atoms with van der Waals surface area (Å²) in [6, 6.07) is 4.39. The average molecular weight is 245 g/mol. The minimum Gasteiger partial charge on any atom is -0.384 e. The second-order valence-corrected chi connectivity index (χ2v) is 4.41. The van der Waals surface area contributed by atoms with Crippen LogP contribution in [-0.2, 0) is 4.79 Å². The summed E-state index contributed by atoms with van der Waals surface area (Å²) in [5.41, 5.74) is 6.66. The maximum absolute atomic E-state index is 11.9. The number of pyridine rings is 1. The summed E-state index contributed by atoms with van der Waals surface area (Å²) in [4.78, 5) is 27.5. The summed E-state index contributed by atoms with van der Waals surface area (Å²) in [7, 11) is 0. The van der Waals surface area contributed by atoms with Crippen LogP contribution in [0.25, 0.3) is 0 Å². The third kappa shape index (κ3) is 2.74. The van der Waals surface area contributed by atoms with Crippen molar-refractivity contribution in [2.45, 2.75) is 25.3 Å². The minimum atomic E-state index is -0.439. The van der Waals surface area contributed by atoms with Gasteiger partial charge in [0.05, 0.1) is 6.04 Å². The average Bonchev–Trinajstić information content (AvgIpc) is 2.32. The molecule has 1 aromatic heterocycles. The normalized spacial score (nSPS) is 19.7. The van der Waals surface area contributed by atoms with Crippen molar-refractivity contribution in [3.63, 3.8) is 0 Å². The van der Waals surface area contributed by atoms with Crippen LogP contribution in [0.15, 0.2) is 30.4 Å². The van der Waals surface area contributed by atoms with Crippen LogP contribution in [0.5, 0.6) is 0 Å². The molecule has 0 spiro atoms. The van der Waals surface area contributed by atoms with Crippen LogP contribution in [0, 0.1) is 0 Å². The Kier molecular flexibility index (Phi) is 3.41. The lowest BCUT2D eigenvalue weighted by Crippen LogP contribution is -2.43. The standard InChI is InChI=1S/C13H15N3O2/c1-8-5-6-9(11(17)7-8)16-13(18)10-3-2-4-12(14)15-10/h2-4,9H,1,5-7H2,(H2,14,15)(H,16,18). The van der Waals surface area contributed by atoms with Crippen molar-refractivity contribution in [2.24, 2.45) is 0 Å². The number of aromatic nitrogens is 1. The Bertz CT molecular complexity index is 511. The topological polar surface area (TPSA) is 85.1 Å². The molecule has 1 saturated carbocycles. The Balaban J connectivity index is 2.03. The van der Waals surface area contributed by atoms with E-state index in [1.165, 1.54) is 0 Å². The number of anilines is 1. The lowest BCUT2D eigenvalue weighted by atomic mass is 9.90. The van der Waals surface area contributed by atoms with Gasteiger partial charge in [0.1, 0.15) is 11.5 Å². The first-order chi connectivity index (χ1) is 8.56. The van der Waals surface area contributed by atoms with Gasteiger partial charge in [0.15, 0.2) is 5.78 Å². The molecule has 18 heavy (non-hydrogen) atoms. The van der Waals surface area contributed by atoms with E-state index in [1.807, 2.05) is 0 Å². The molecular formula is C13H15N3O2. The Labute approximate surface area is 105 Å². The molecule has 1 fully saturated rings. The summed E-state index contributed by atoms with van der Waals surface area (Å²) in [5.74, 6) is -0.0809. The number of carbonyl (C=O) groups excluding carboxylic acids is 2. The highest BCUT2D eigenvalue weighted by Gasteiger charge is 2.26.